The number of hydrogen-bond donors (Lipinski definition) is 2. The van der Waals surface area contributed by atoms with Crippen LogP contribution in [0.4, 0.5) is 5.69 Å². The molecular weight excluding hydrogens is 394 g/mol. The summed E-state index contributed by atoms with van der Waals surface area (Å²) in [7, 11) is 1.63. The Morgan fingerprint density at radius 3 is 2.48 bits per heavy atom. The molecule has 1 saturated carbocycles. The van der Waals surface area contributed by atoms with Crippen molar-refractivity contribution in [2.45, 2.75) is 64.1 Å². The van der Waals surface area contributed by atoms with Gasteiger partial charge in [0.1, 0.15) is 11.2 Å². The summed E-state index contributed by atoms with van der Waals surface area (Å²) in [5, 5.41) is 10.3. The van der Waals surface area contributed by atoms with Gasteiger partial charge in [0.25, 0.3) is 11.8 Å². The van der Waals surface area contributed by atoms with E-state index in [1.54, 1.807) is 14.0 Å². The first-order valence-corrected chi connectivity index (χ1v) is 10.8. The predicted molar refractivity (Wildman–Crippen MR) is 117 cm³/mol. The van der Waals surface area contributed by atoms with Crippen molar-refractivity contribution in [3.63, 3.8) is 0 Å². The third kappa shape index (κ3) is 4.06. The van der Waals surface area contributed by atoms with Crippen molar-refractivity contribution >= 4 is 23.4 Å². The summed E-state index contributed by atoms with van der Waals surface area (Å²) in [5.41, 5.74) is 1.13. The molecule has 1 aliphatic heterocycles. The van der Waals surface area contributed by atoms with Gasteiger partial charge in [-0.2, -0.15) is 5.10 Å². The molecule has 0 spiro atoms. The Morgan fingerprint density at radius 2 is 1.81 bits per heavy atom. The van der Waals surface area contributed by atoms with E-state index in [4.69, 9.17) is 0 Å². The molecule has 2 heterocycles. The molecule has 1 aromatic carbocycles. The normalized spacial score (nSPS) is 21.5. The summed E-state index contributed by atoms with van der Waals surface area (Å²) in [6, 6.07) is 9.08. The van der Waals surface area contributed by atoms with Gasteiger partial charge in [0.2, 0.25) is 5.91 Å². The molecule has 2 N–H and O–H groups in total. The van der Waals surface area contributed by atoms with Crippen molar-refractivity contribution in [2.24, 2.45) is 0 Å². The van der Waals surface area contributed by atoms with Crippen molar-refractivity contribution in [1.82, 2.24) is 20.0 Å². The van der Waals surface area contributed by atoms with Crippen LogP contribution in [0.25, 0.3) is 0 Å². The monoisotopic (exact) mass is 423 g/mol. The molecule has 0 bridgehead atoms. The van der Waals surface area contributed by atoms with Gasteiger partial charge in [-0.25, -0.2) is 0 Å². The first-order valence-electron chi connectivity index (χ1n) is 10.8. The van der Waals surface area contributed by atoms with Gasteiger partial charge in [-0.05, 0) is 38.8 Å². The smallest absolute Gasteiger partial charge is 0.276 e. The molecule has 1 fully saturated rings. The summed E-state index contributed by atoms with van der Waals surface area (Å²) in [5.74, 6) is -0.897. The lowest BCUT2D eigenvalue weighted by Crippen LogP contribution is -2.63. The van der Waals surface area contributed by atoms with Crippen LogP contribution in [0, 0.1) is 6.92 Å². The zero-order chi connectivity index (χ0) is 22.2. The van der Waals surface area contributed by atoms with E-state index in [9.17, 15) is 14.4 Å². The maximum Gasteiger partial charge on any atom is 0.276 e. The second-order valence-electron chi connectivity index (χ2n) is 8.84. The molecule has 4 rings (SSSR count). The van der Waals surface area contributed by atoms with E-state index >= 15 is 0 Å². The molecule has 0 saturated heterocycles. The Labute approximate surface area is 182 Å². The Hall–Kier alpha value is -3.16. The molecular formula is C23H29N5O3. The van der Waals surface area contributed by atoms with Crippen molar-refractivity contribution in [3.8, 4) is 0 Å². The van der Waals surface area contributed by atoms with Crippen LogP contribution in [0.1, 0.15) is 65.6 Å². The van der Waals surface area contributed by atoms with Crippen LogP contribution >= 0.6 is 0 Å². The number of amides is 3. The predicted octanol–water partition coefficient (Wildman–Crippen LogP) is 2.74. The highest BCUT2D eigenvalue weighted by molar-refractivity contribution is 6.05. The molecule has 3 amide bonds. The summed E-state index contributed by atoms with van der Waals surface area (Å²) in [6.07, 6.45) is 5.36. The fraction of sp³-hybridized carbons (Fsp3) is 0.478. The number of carbonyl (C=O) groups excluding carboxylic acids is 3. The fourth-order valence-electron chi connectivity index (χ4n) is 4.26. The number of aromatic nitrogens is 2. The number of carbonyl (C=O) groups is 3. The molecule has 1 aromatic heterocycles. The van der Waals surface area contributed by atoms with E-state index in [1.165, 1.54) is 22.1 Å². The van der Waals surface area contributed by atoms with Crippen LogP contribution in [0.5, 0.6) is 0 Å². The second-order valence-corrected chi connectivity index (χ2v) is 8.84. The number of hydrogen-bond acceptors (Lipinski definition) is 4. The average Bonchev–Trinajstić information content (AvgIpc) is 3.18. The Morgan fingerprint density at radius 1 is 1.13 bits per heavy atom. The lowest BCUT2D eigenvalue weighted by molar-refractivity contribution is -0.133. The molecule has 2 aromatic rings. The number of likely N-dealkylation sites (N-methyl/N-ethyl adjacent to an activating group) is 1. The first kappa shape index (κ1) is 21.1. The van der Waals surface area contributed by atoms with Crippen LogP contribution < -0.4 is 10.6 Å². The highest BCUT2D eigenvalue weighted by atomic mass is 16.2. The van der Waals surface area contributed by atoms with Gasteiger partial charge in [0.15, 0.2) is 5.69 Å². The molecule has 2 aliphatic rings. The van der Waals surface area contributed by atoms with Gasteiger partial charge in [-0.3, -0.25) is 19.1 Å². The molecule has 1 unspecified atom stereocenters. The number of fused-ring (bicyclic) bond motifs is 1. The maximum absolute atomic E-state index is 13.1. The lowest BCUT2D eigenvalue weighted by Gasteiger charge is -2.41. The minimum atomic E-state index is -1.07. The number of nitrogens with one attached hydrogen (secondary N) is 2. The Kier molecular flexibility index (Phi) is 5.56. The Balaban J connectivity index is 1.53. The summed E-state index contributed by atoms with van der Waals surface area (Å²) >= 11 is 0. The third-order valence-corrected chi connectivity index (χ3v) is 6.47. The number of anilines is 1. The summed E-state index contributed by atoms with van der Waals surface area (Å²) < 4.78 is 1.48. The zero-order valence-electron chi connectivity index (χ0n) is 18.3. The number of nitrogens with zero attached hydrogens (tertiary/aromatic N) is 3. The third-order valence-electron chi connectivity index (χ3n) is 6.47. The summed E-state index contributed by atoms with van der Waals surface area (Å²) in [6.45, 7) is 3.92. The fourth-order valence-corrected chi connectivity index (χ4v) is 4.26. The van der Waals surface area contributed by atoms with Crippen LogP contribution in [0.2, 0.25) is 0 Å². The van der Waals surface area contributed by atoms with E-state index in [0.717, 1.165) is 31.2 Å². The van der Waals surface area contributed by atoms with E-state index in [-0.39, 0.29) is 30.1 Å². The lowest BCUT2D eigenvalue weighted by atomic mass is 9.92. The minimum Gasteiger partial charge on any atom is -0.351 e. The van der Waals surface area contributed by atoms with E-state index in [2.05, 4.69) is 15.7 Å². The maximum atomic E-state index is 13.1. The minimum absolute atomic E-state index is 0.147. The molecule has 1 aliphatic carbocycles. The standard InChI is InChI=1S/C23H29N5O3/c1-15-9-11-17(12-10-15)24-20(29)18-13-19-21(30)27(3)23(2,14-28(19)26-18)22(31)25-16-7-5-4-6-8-16/h9-13,16H,4-8,14H2,1-3H3,(H,24,29)(H,25,31). The number of benzene rings is 1. The van der Waals surface area contributed by atoms with Crippen LogP contribution in [-0.2, 0) is 11.3 Å². The highest BCUT2D eigenvalue weighted by Gasteiger charge is 2.46. The summed E-state index contributed by atoms with van der Waals surface area (Å²) in [4.78, 5) is 40.3. The Bertz CT molecular complexity index is 1010. The molecule has 0 radical (unpaired) electrons. The topological polar surface area (TPSA) is 96.3 Å². The molecule has 164 valence electrons. The average molecular weight is 424 g/mol. The first-order chi connectivity index (χ1) is 14.8. The number of rotatable bonds is 4. The van der Waals surface area contributed by atoms with Gasteiger partial charge < -0.3 is 15.5 Å². The van der Waals surface area contributed by atoms with Crippen LogP contribution in [0.3, 0.4) is 0 Å². The quantitative estimate of drug-likeness (QED) is 0.790. The van der Waals surface area contributed by atoms with Crippen molar-refractivity contribution in [1.29, 1.82) is 0 Å². The van der Waals surface area contributed by atoms with E-state index < -0.39 is 11.4 Å². The van der Waals surface area contributed by atoms with Crippen LogP contribution in [0.15, 0.2) is 30.3 Å². The molecule has 8 heteroatoms. The van der Waals surface area contributed by atoms with Gasteiger partial charge in [0, 0.05) is 24.8 Å². The molecule has 31 heavy (non-hydrogen) atoms. The van der Waals surface area contributed by atoms with E-state index in [0.29, 0.717) is 11.4 Å². The second kappa shape index (κ2) is 8.17. The van der Waals surface area contributed by atoms with Gasteiger partial charge in [0.05, 0.1) is 6.54 Å². The molecule has 1 atom stereocenters. The van der Waals surface area contributed by atoms with Crippen LogP contribution in [-0.4, -0.2) is 51.0 Å². The van der Waals surface area contributed by atoms with Gasteiger partial charge in [-0.15, -0.1) is 0 Å². The van der Waals surface area contributed by atoms with Crippen molar-refractivity contribution < 1.29 is 14.4 Å². The largest absolute Gasteiger partial charge is 0.351 e. The van der Waals surface area contributed by atoms with E-state index in [1.807, 2.05) is 31.2 Å². The van der Waals surface area contributed by atoms with Crippen molar-refractivity contribution in [3.05, 3.63) is 47.3 Å². The number of aryl methyl sites for hydroxylation is 1. The van der Waals surface area contributed by atoms with Gasteiger partial charge in [-0.1, -0.05) is 37.0 Å². The SMILES string of the molecule is Cc1ccc(NC(=O)c2cc3n(n2)CC(C)(C(=O)NC2CCCCC2)N(C)C3=O)cc1. The zero-order valence-corrected chi connectivity index (χ0v) is 18.3. The van der Waals surface area contributed by atoms with Gasteiger partial charge >= 0.3 is 0 Å². The van der Waals surface area contributed by atoms with Crippen molar-refractivity contribution in [2.75, 3.05) is 12.4 Å². The molecule has 8 nitrogen and oxygen atoms in total. The highest BCUT2D eigenvalue weighted by Crippen LogP contribution is 2.27.